The van der Waals surface area contributed by atoms with E-state index in [-0.39, 0.29) is 5.91 Å². The van der Waals surface area contributed by atoms with E-state index < -0.39 is 0 Å². The third-order valence-electron chi connectivity index (χ3n) is 3.56. The van der Waals surface area contributed by atoms with E-state index in [0.717, 1.165) is 34.3 Å². The van der Waals surface area contributed by atoms with Gasteiger partial charge >= 0.3 is 0 Å². The third-order valence-corrected chi connectivity index (χ3v) is 4.26. The number of anilines is 1. The minimum absolute atomic E-state index is 0.167. The molecule has 2 rings (SSSR count). The van der Waals surface area contributed by atoms with Gasteiger partial charge in [-0.25, -0.2) is 0 Å². The van der Waals surface area contributed by atoms with Crippen molar-refractivity contribution in [2.75, 3.05) is 19.0 Å². The van der Waals surface area contributed by atoms with Crippen LogP contribution in [0.3, 0.4) is 0 Å². The van der Waals surface area contributed by atoms with Gasteiger partial charge < -0.3 is 14.8 Å². The number of methoxy groups -OCH3 is 1. The van der Waals surface area contributed by atoms with Crippen molar-refractivity contribution in [3.8, 4) is 5.75 Å². The summed E-state index contributed by atoms with van der Waals surface area (Å²) in [5.41, 5.74) is 2.17. The van der Waals surface area contributed by atoms with Crippen LogP contribution in [0.1, 0.15) is 35.7 Å². The Kier molecular flexibility index (Phi) is 7.28. The van der Waals surface area contributed by atoms with Crippen LogP contribution in [-0.2, 0) is 11.3 Å². The second-order valence-electron chi connectivity index (χ2n) is 5.37. The van der Waals surface area contributed by atoms with Crippen molar-refractivity contribution in [1.29, 1.82) is 0 Å². The minimum Gasteiger partial charge on any atom is -0.496 e. The Morgan fingerprint density at radius 2 is 2.00 bits per heavy atom. The molecule has 1 N–H and O–H groups in total. The van der Waals surface area contributed by atoms with Crippen molar-refractivity contribution < 1.29 is 14.3 Å². The van der Waals surface area contributed by atoms with Crippen molar-refractivity contribution in [2.24, 2.45) is 0 Å². The molecule has 1 amide bonds. The summed E-state index contributed by atoms with van der Waals surface area (Å²) in [6.45, 7) is 3.25. The minimum atomic E-state index is -0.167. The van der Waals surface area contributed by atoms with Crippen LogP contribution < -0.4 is 10.1 Å². The van der Waals surface area contributed by atoms with E-state index in [4.69, 9.17) is 9.47 Å². The number of hydrogen-bond donors (Lipinski definition) is 1. The molecule has 5 heteroatoms. The summed E-state index contributed by atoms with van der Waals surface area (Å²) in [5.74, 6) is 0.559. The molecule has 0 spiro atoms. The number of para-hydroxylation sites is 1. The van der Waals surface area contributed by atoms with E-state index in [0.29, 0.717) is 18.8 Å². The molecule has 0 aliphatic carbocycles. The number of ether oxygens (including phenoxy) is 2. The summed E-state index contributed by atoms with van der Waals surface area (Å²) in [4.78, 5) is 12.5. The number of halogens is 1. The molecule has 0 fully saturated rings. The monoisotopic (exact) mass is 391 g/mol. The summed E-state index contributed by atoms with van der Waals surface area (Å²) < 4.78 is 11.9. The van der Waals surface area contributed by atoms with Gasteiger partial charge in [-0.15, -0.1) is 0 Å². The van der Waals surface area contributed by atoms with Crippen LogP contribution in [0.15, 0.2) is 46.9 Å². The fourth-order valence-electron chi connectivity index (χ4n) is 2.22. The SMILES string of the molecule is CCCCOCc1cc(C(=O)Nc2ccccc2Br)ccc1OC. The lowest BCUT2D eigenvalue weighted by Gasteiger charge is -2.12. The zero-order valence-corrected chi connectivity index (χ0v) is 15.6. The van der Waals surface area contributed by atoms with E-state index in [1.807, 2.05) is 30.3 Å². The molecule has 0 unspecified atom stereocenters. The van der Waals surface area contributed by atoms with Crippen LogP contribution in [0.2, 0.25) is 0 Å². The summed E-state index contributed by atoms with van der Waals surface area (Å²) in [6, 6.07) is 12.9. The molecule has 2 aromatic rings. The molecule has 4 nitrogen and oxygen atoms in total. The molecule has 0 atom stereocenters. The molecular weight excluding hydrogens is 370 g/mol. The van der Waals surface area contributed by atoms with Crippen LogP contribution in [0.4, 0.5) is 5.69 Å². The second kappa shape index (κ2) is 9.45. The molecule has 2 aromatic carbocycles. The Hall–Kier alpha value is -1.85. The highest BCUT2D eigenvalue weighted by atomic mass is 79.9. The first-order chi connectivity index (χ1) is 11.7. The Morgan fingerprint density at radius 3 is 2.71 bits per heavy atom. The van der Waals surface area contributed by atoms with E-state index >= 15 is 0 Å². The second-order valence-corrected chi connectivity index (χ2v) is 6.22. The van der Waals surface area contributed by atoms with E-state index in [1.54, 1.807) is 19.2 Å². The molecule has 0 radical (unpaired) electrons. The summed E-state index contributed by atoms with van der Waals surface area (Å²) in [5, 5.41) is 2.90. The Morgan fingerprint density at radius 1 is 1.21 bits per heavy atom. The summed E-state index contributed by atoms with van der Waals surface area (Å²) in [7, 11) is 1.62. The van der Waals surface area contributed by atoms with Crippen molar-refractivity contribution in [2.45, 2.75) is 26.4 Å². The van der Waals surface area contributed by atoms with E-state index in [1.165, 1.54) is 0 Å². The highest BCUT2D eigenvalue weighted by Crippen LogP contribution is 2.24. The van der Waals surface area contributed by atoms with Gasteiger partial charge in [0.1, 0.15) is 5.75 Å². The average molecular weight is 392 g/mol. The fraction of sp³-hybridized carbons (Fsp3) is 0.316. The van der Waals surface area contributed by atoms with Crippen LogP contribution in [0, 0.1) is 0 Å². The fourth-order valence-corrected chi connectivity index (χ4v) is 2.60. The average Bonchev–Trinajstić information content (AvgIpc) is 2.60. The van der Waals surface area contributed by atoms with Crippen molar-refractivity contribution >= 4 is 27.5 Å². The Balaban J connectivity index is 2.11. The first-order valence-corrected chi connectivity index (χ1v) is 8.75. The molecule has 0 aliphatic rings. The van der Waals surface area contributed by atoms with Crippen LogP contribution in [0.25, 0.3) is 0 Å². The largest absolute Gasteiger partial charge is 0.496 e. The lowest BCUT2D eigenvalue weighted by Crippen LogP contribution is -2.13. The van der Waals surface area contributed by atoms with Gasteiger partial charge in [-0.3, -0.25) is 4.79 Å². The highest BCUT2D eigenvalue weighted by molar-refractivity contribution is 9.10. The van der Waals surface area contributed by atoms with Gasteiger partial charge in [0.05, 0.1) is 19.4 Å². The van der Waals surface area contributed by atoms with Gasteiger partial charge in [0.25, 0.3) is 5.91 Å². The zero-order valence-electron chi connectivity index (χ0n) is 14.0. The van der Waals surface area contributed by atoms with Gasteiger partial charge in [0.15, 0.2) is 0 Å². The van der Waals surface area contributed by atoms with E-state index in [9.17, 15) is 4.79 Å². The number of hydrogen-bond acceptors (Lipinski definition) is 3. The van der Waals surface area contributed by atoms with E-state index in [2.05, 4.69) is 28.2 Å². The van der Waals surface area contributed by atoms with Crippen LogP contribution in [0.5, 0.6) is 5.75 Å². The van der Waals surface area contributed by atoms with Gasteiger partial charge in [-0.2, -0.15) is 0 Å². The van der Waals surface area contributed by atoms with Gasteiger partial charge in [0, 0.05) is 22.2 Å². The predicted octanol–water partition coefficient (Wildman–Crippen LogP) is 5.03. The molecule has 0 saturated heterocycles. The summed E-state index contributed by atoms with van der Waals surface area (Å²) in [6.07, 6.45) is 2.11. The maximum Gasteiger partial charge on any atom is 0.255 e. The molecule has 0 bridgehead atoms. The first kappa shape index (κ1) is 18.5. The van der Waals surface area contributed by atoms with Gasteiger partial charge in [-0.05, 0) is 52.7 Å². The zero-order chi connectivity index (χ0) is 17.4. The number of carbonyl (C=O) groups is 1. The van der Waals surface area contributed by atoms with Crippen molar-refractivity contribution in [3.05, 3.63) is 58.1 Å². The molecule has 0 aliphatic heterocycles. The van der Waals surface area contributed by atoms with Gasteiger partial charge in [-0.1, -0.05) is 25.5 Å². The lowest BCUT2D eigenvalue weighted by molar-refractivity contribution is 0.102. The quantitative estimate of drug-likeness (QED) is 0.642. The number of unbranched alkanes of at least 4 members (excludes halogenated alkanes) is 1. The molecular formula is C19H22BrNO3. The predicted molar refractivity (Wildman–Crippen MR) is 99.7 cm³/mol. The maximum atomic E-state index is 12.5. The number of rotatable bonds is 8. The number of amides is 1. The standard InChI is InChI=1S/C19H22BrNO3/c1-3-4-11-24-13-15-12-14(9-10-18(15)23-2)19(22)21-17-8-6-5-7-16(17)20/h5-10,12H,3-4,11,13H2,1-2H3,(H,21,22). The molecule has 24 heavy (non-hydrogen) atoms. The highest BCUT2D eigenvalue weighted by Gasteiger charge is 2.12. The Bertz CT molecular complexity index is 688. The van der Waals surface area contributed by atoms with Gasteiger partial charge in [0.2, 0.25) is 0 Å². The maximum absolute atomic E-state index is 12.5. The number of nitrogens with one attached hydrogen (secondary N) is 1. The van der Waals surface area contributed by atoms with Crippen LogP contribution >= 0.6 is 15.9 Å². The topological polar surface area (TPSA) is 47.6 Å². The third kappa shape index (κ3) is 5.08. The number of carbonyl (C=O) groups excluding carboxylic acids is 1. The molecule has 0 heterocycles. The first-order valence-electron chi connectivity index (χ1n) is 7.96. The molecule has 0 aromatic heterocycles. The number of benzene rings is 2. The Labute approximate surface area is 151 Å². The van der Waals surface area contributed by atoms with Crippen molar-refractivity contribution in [1.82, 2.24) is 0 Å². The normalized spacial score (nSPS) is 10.5. The van der Waals surface area contributed by atoms with Crippen molar-refractivity contribution in [3.63, 3.8) is 0 Å². The molecule has 128 valence electrons. The smallest absolute Gasteiger partial charge is 0.255 e. The lowest BCUT2D eigenvalue weighted by atomic mass is 10.1. The summed E-state index contributed by atoms with van der Waals surface area (Å²) >= 11 is 3.43. The van der Waals surface area contributed by atoms with Crippen LogP contribution in [-0.4, -0.2) is 19.6 Å². The molecule has 0 saturated carbocycles.